The van der Waals surface area contributed by atoms with Crippen LogP contribution in [0.2, 0.25) is 0 Å². The number of unbranched alkanes of at least 4 members (excludes halogenated alkanes) is 31. The number of aliphatic hydroxyl groups is 1. The summed E-state index contributed by atoms with van der Waals surface area (Å²) in [6.45, 7) is 14.1. The molecule has 0 spiro atoms. The molecule has 0 saturated heterocycles. The van der Waals surface area contributed by atoms with Crippen molar-refractivity contribution in [2.45, 2.75) is 363 Å². The van der Waals surface area contributed by atoms with Crippen LogP contribution in [0.3, 0.4) is 0 Å². The second-order valence-electron chi connectivity index (χ2n) is 26.7. The molecular formula is C70H136O17P2. The molecule has 528 valence electrons. The van der Waals surface area contributed by atoms with Crippen LogP contribution in [0.5, 0.6) is 0 Å². The zero-order valence-electron chi connectivity index (χ0n) is 58.1. The van der Waals surface area contributed by atoms with Crippen molar-refractivity contribution in [3.63, 3.8) is 0 Å². The van der Waals surface area contributed by atoms with E-state index in [2.05, 4.69) is 55.4 Å². The highest BCUT2D eigenvalue weighted by Gasteiger charge is 2.30. The van der Waals surface area contributed by atoms with Crippen molar-refractivity contribution in [3.8, 4) is 0 Å². The van der Waals surface area contributed by atoms with E-state index in [-0.39, 0.29) is 25.7 Å². The molecule has 0 saturated carbocycles. The lowest BCUT2D eigenvalue weighted by atomic mass is 9.99. The monoisotopic (exact) mass is 1310 g/mol. The van der Waals surface area contributed by atoms with Crippen molar-refractivity contribution >= 4 is 39.5 Å². The minimum Gasteiger partial charge on any atom is -0.462 e. The van der Waals surface area contributed by atoms with E-state index in [1.54, 1.807) is 0 Å². The first-order valence-electron chi connectivity index (χ1n) is 36.3. The topological polar surface area (TPSA) is 237 Å². The molecule has 0 fully saturated rings. The molecular weight excluding hydrogens is 1170 g/mol. The van der Waals surface area contributed by atoms with Gasteiger partial charge in [-0.2, -0.15) is 0 Å². The van der Waals surface area contributed by atoms with Crippen LogP contribution in [-0.2, 0) is 65.4 Å². The second-order valence-corrected chi connectivity index (χ2v) is 29.6. The van der Waals surface area contributed by atoms with Gasteiger partial charge in [-0.1, -0.05) is 293 Å². The first kappa shape index (κ1) is 87.1. The Bertz CT molecular complexity index is 1770. The maximum absolute atomic E-state index is 13.0. The van der Waals surface area contributed by atoms with E-state index in [1.807, 2.05) is 0 Å². The number of hydrogen-bond acceptors (Lipinski definition) is 15. The van der Waals surface area contributed by atoms with Gasteiger partial charge in [-0.05, 0) is 49.4 Å². The maximum Gasteiger partial charge on any atom is 0.472 e. The third-order valence-electron chi connectivity index (χ3n) is 16.8. The Morgan fingerprint density at radius 3 is 0.798 bits per heavy atom. The third-order valence-corrected chi connectivity index (χ3v) is 18.7. The molecule has 0 rings (SSSR count). The first-order valence-corrected chi connectivity index (χ1v) is 39.3. The predicted molar refractivity (Wildman–Crippen MR) is 358 cm³/mol. The average Bonchev–Trinajstić information content (AvgIpc) is 3.64. The van der Waals surface area contributed by atoms with E-state index in [0.29, 0.717) is 31.6 Å². The molecule has 0 aliphatic carbocycles. The maximum atomic E-state index is 13.0. The average molecular weight is 1310 g/mol. The molecule has 0 bridgehead atoms. The lowest BCUT2D eigenvalue weighted by Crippen LogP contribution is -2.30. The normalized spacial score (nSPS) is 14.9. The highest BCUT2D eigenvalue weighted by Crippen LogP contribution is 2.45. The summed E-state index contributed by atoms with van der Waals surface area (Å²) in [5.74, 6) is 0.905. The third kappa shape index (κ3) is 62.0. The summed E-state index contributed by atoms with van der Waals surface area (Å²) in [5.41, 5.74) is 0. The Balaban J connectivity index is 5.27. The quantitative estimate of drug-likeness (QED) is 0.0222. The van der Waals surface area contributed by atoms with E-state index in [0.717, 1.165) is 114 Å². The standard InChI is InChI=1S/C70H136O17P2/c1-9-62(7)48-40-32-24-15-11-13-17-26-34-42-50-67(72)80-56-65(86-69(74)52-44-36-27-18-14-12-16-25-33-41-49-63(8)10-2)58-84-88(76,77)82-54-64(71)55-83-89(78,79)85-59-66(57-81-68(73)51-43-35-29-21-23-31-39-47-61(5)6)87-70(75)53-45-37-28-20-19-22-30-38-46-60(3)4/h60-66,71H,9-59H2,1-8H3,(H,76,77)(H,78,79)/t62?,63?,64?,65-,66-/m1/s1. The molecule has 3 N–H and O–H groups in total. The van der Waals surface area contributed by atoms with Gasteiger partial charge in [-0.25, -0.2) is 9.13 Å². The fraction of sp³-hybridized carbons (Fsp3) is 0.943. The number of ether oxygens (including phenoxy) is 4. The highest BCUT2D eigenvalue weighted by molar-refractivity contribution is 7.47. The minimum absolute atomic E-state index is 0.103. The number of hydrogen-bond donors (Lipinski definition) is 3. The molecule has 0 amide bonds. The van der Waals surface area contributed by atoms with E-state index < -0.39 is 97.5 Å². The Morgan fingerprint density at radius 1 is 0.315 bits per heavy atom. The predicted octanol–water partition coefficient (Wildman–Crippen LogP) is 19.7. The van der Waals surface area contributed by atoms with E-state index in [4.69, 9.17) is 37.0 Å². The molecule has 0 aromatic rings. The molecule has 7 atom stereocenters. The molecule has 0 aliphatic rings. The van der Waals surface area contributed by atoms with Crippen LogP contribution in [0.25, 0.3) is 0 Å². The van der Waals surface area contributed by atoms with Gasteiger partial charge in [-0.3, -0.25) is 37.3 Å². The molecule has 17 nitrogen and oxygen atoms in total. The van der Waals surface area contributed by atoms with Gasteiger partial charge in [-0.15, -0.1) is 0 Å². The van der Waals surface area contributed by atoms with Crippen molar-refractivity contribution in [3.05, 3.63) is 0 Å². The fourth-order valence-corrected chi connectivity index (χ4v) is 12.0. The SMILES string of the molecule is CCC(C)CCCCCCCCCCCCC(=O)OC[C@H](COP(=O)(O)OCC(O)COP(=O)(O)OC[C@@H](COC(=O)CCCCCCCCCC(C)C)OC(=O)CCCCCCCCCCC(C)C)OC(=O)CCCCCCCCCCCCC(C)CC. The van der Waals surface area contributed by atoms with Crippen LogP contribution < -0.4 is 0 Å². The highest BCUT2D eigenvalue weighted by atomic mass is 31.2. The van der Waals surface area contributed by atoms with Gasteiger partial charge < -0.3 is 33.8 Å². The Labute approximate surface area is 543 Å². The molecule has 0 aromatic heterocycles. The van der Waals surface area contributed by atoms with Crippen LogP contribution in [-0.4, -0.2) is 96.7 Å². The van der Waals surface area contributed by atoms with Crippen molar-refractivity contribution in [1.29, 1.82) is 0 Å². The van der Waals surface area contributed by atoms with Gasteiger partial charge in [0.1, 0.15) is 19.3 Å². The Morgan fingerprint density at radius 2 is 0.539 bits per heavy atom. The summed E-state index contributed by atoms with van der Waals surface area (Å²) in [5, 5.41) is 10.6. The number of phosphoric acid groups is 2. The summed E-state index contributed by atoms with van der Waals surface area (Å²) in [7, 11) is -9.90. The van der Waals surface area contributed by atoms with Gasteiger partial charge in [0, 0.05) is 25.7 Å². The van der Waals surface area contributed by atoms with Gasteiger partial charge in [0.15, 0.2) is 12.2 Å². The second kappa shape index (κ2) is 59.8. The zero-order chi connectivity index (χ0) is 66.1. The number of phosphoric ester groups is 2. The molecule has 5 unspecified atom stereocenters. The Kier molecular flexibility index (Phi) is 58.5. The molecule has 19 heteroatoms. The summed E-state index contributed by atoms with van der Waals surface area (Å²) in [4.78, 5) is 72.5. The summed E-state index contributed by atoms with van der Waals surface area (Å²) < 4.78 is 68.3. The van der Waals surface area contributed by atoms with Crippen molar-refractivity contribution in [2.24, 2.45) is 23.7 Å². The zero-order valence-corrected chi connectivity index (χ0v) is 59.8. The van der Waals surface area contributed by atoms with E-state index in [1.165, 1.54) is 141 Å². The Hall–Kier alpha value is -1.94. The van der Waals surface area contributed by atoms with Crippen LogP contribution in [0.4, 0.5) is 0 Å². The fourth-order valence-electron chi connectivity index (χ4n) is 10.4. The van der Waals surface area contributed by atoms with Gasteiger partial charge in [0.05, 0.1) is 26.4 Å². The van der Waals surface area contributed by atoms with Crippen LogP contribution >= 0.6 is 15.6 Å². The lowest BCUT2D eigenvalue weighted by Gasteiger charge is -2.21. The number of rotatable bonds is 67. The minimum atomic E-state index is -4.95. The summed E-state index contributed by atoms with van der Waals surface area (Å²) in [6, 6.07) is 0. The van der Waals surface area contributed by atoms with Crippen LogP contribution in [0.1, 0.15) is 344 Å². The van der Waals surface area contributed by atoms with Crippen molar-refractivity contribution < 1.29 is 80.2 Å². The van der Waals surface area contributed by atoms with Crippen LogP contribution in [0, 0.1) is 23.7 Å². The van der Waals surface area contributed by atoms with E-state index >= 15 is 0 Å². The summed E-state index contributed by atoms with van der Waals surface area (Å²) >= 11 is 0. The molecule has 0 heterocycles. The number of aliphatic hydroxyl groups excluding tert-OH is 1. The molecule has 0 aliphatic heterocycles. The van der Waals surface area contributed by atoms with Crippen LogP contribution in [0.15, 0.2) is 0 Å². The smallest absolute Gasteiger partial charge is 0.462 e. The lowest BCUT2D eigenvalue weighted by molar-refractivity contribution is -0.161. The summed E-state index contributed by atoms with van der Waals surface area (Å²) in [6.07, 6.45) is 41.6. The van der Waals surface area contributed by atoms with Gasteiger partial charge >= 0.3 is 39.5 Å². The first-order chi connectivity index (χ1) is 42.7. The molecule has 0 radical (unpaired) electrons. The molecule has 0 aromatic carbocycles. The van der Waals surface area contributed by atoms with Crippen molar-refractivity contribution in [2.75, 3.05) is 39.6 Å². The number of esters is 4. The van der Waals surface area contributed by atoms with E-state index in [9.17, 15) is 43.2 Å². The van der Waals surface area contributed by atoms with Gasteiger partial charge in [0.25, 0.3) is 0 Å². The molecule has 89 heavy (non-hydrogen) atoms. The number of carbonyl (C=O) groups is 4. The van der Waals surface area contributed by atoms with Gasteiger partial charge in [0.2, 0.25) is 0 Å². The van der Waals surface area contributed by atoms with Crippen molar-refractivity contribution in [1.82, 2.24) is 0 Å². The number of carbonyl (C=O) groups excluding carboxylic acids is 4. The largest absolute Gasteiger partial charge is 0.472 e.